The number of hydrogen-bond acceptors (Lipinski definition) is 3. The van der Waals surface area contributed by atoms with Crippen LogP contribution in [0, 0.1) is 0 Å². The molecule has 0 radical (unpaired) electrons. The monoisotopic (exact) mass is 386 g/mol. The maximum atomic E-state index is 12.8. The van der Waals surface area contributed by atoms with Crippen molar-refractivity contribution in [3.63, 3.8) is 0 Å². The first-order chi connectivity index (χ1) is 10.5. The quantitative estimate of drug-likeness (QED) is 0.799. The normalized spacial score (nSPS) is 24.0. The summed E-state index contributed by atoms with van der Waals surface area (Å²) in [5.41, 5.74) is 0. The number of rotatable bonds is 3. The van der Waals surface area contributed by atoms with Crippen LogP contribution >= 0.6 is 15.9 Å². The second kappa shape index (κ2) is 6.29. The zero-order valence-corrected chi connectivity index (χ0v) is 14.6. The minimum atomic E-state index is -3.50. The van der Waals surface area contributed by atoms with Gasteiger partial charge in [0.1, 0.15) is 0 Å². The number of amides is 1. The lowest BCUT2D eigenvalue weighted by atomic mass is 10.1. The second-order valence-corrected chi connectivity index (χ2v) is 8.66. The fourth-order valence-corrected chi connectivity index (χ4v) is 5.34. The van der Waals surface area contributed by atoms with Crippen molar-refractivity contribution in [3.8, 4) is 0 Å². The SMILES string of the molecule is O=C1CCCN1C1CCCN(S(=O)(=O)c2cccc(Br)c2)C1. The topological polar surface area (TPSA) is 57.7 Å². The molecule has 2 aliphatic heterocycles. The number of hydrogen-bond donors (Lipinski definition) is 0. The summed E-state index contributed by atoms with van der Waals surface area (Å²) in [5, 5.41) is 0. The lowest BCUT2D eigenvalue weighted by molar-refractivity contribution is -0.130. The molecule has 2 saturated heterocycles. The van der Waals surface area contributed by atoms with Gasteiger partial charge in [-0.1, -0.05) is 22.0 Å². The van der Waals surface area contributed by atoms with Crippen LogP contribution in [0.25, 0.3) is 0 Å². The molecular weight excluding hydrogens is 368 g/mol. The summed E-state index contributed by atoms with van der Waals surface area (Å²) in [6.07, 6.45) is 3.15. The van der Waals surface area contributed by atoms with Crippen molar-refractivity contribution < 1.29 is 13.2 Å². The van der Waals surface area contributed by atoms with Crippen molar-refractivity contribution in [3.05, 3.63) is 28.7 Å². The Hall–Kier alpha value is -0.920. The van der Waals surface area contributed by atoms with Crippen molar-refractivity contribution in [2.24, 2.45) is 0 Å². The maximum absolute atomic E-state index is 12.8. The van der Waals surface area contributed by atoms with Gasteiger partial charge >= 0.3 is 0 Å². The number of likely N-dealkylation sites (tertiary alicyclic amines) is 1. The molecule has 1 atom stereocenters. The molecule has 120 valence electrons. The van der Waals surface area contributed by atoms with Crippen molar-refractivity contribution in [2.75, 3.05) is 19.6 Å². The van der Waals surface area contributed by atoms with E-state index in [4.69, 9.17) is 0 Å². The predicted molar refractivity (Wildman–Crippen MR) is 86.9 cm³/mol. The smallest absolute Gasteiger partial charge is 0.243 e. The van der Waals surface area contributed by atoms with Crippen molar-refractivity contribution in [2.45, 2.75) is 36.6 Å². The van der Waals surface area contributed by atoms with Gasteiger partial charge in [0, 0.05) is 36.6 Å². The van der Waals surface area contributed by atoms with Crippen molar-refractivity contribution in [1.29, 1.82) is 0 Å². The number of sulfonamides is 1. The van der Waals surface area contributed by atoms with Gasteiger partial charge in [-0.25, -0.2) is 8.42 Å². The van der Waals surface area contributed by atoms with Gasteiger partial charge in [0.05, 0.1) is 4.90 Å². The molecule has 0 spiro atoms. The van der Waals surface area contributed by atoms with Crippen LogP contribution in [0.5, 0.6) is 0 Å². The van der Waals surface area contributed by atoms with E-state index in [-0.39, 0.29) is 11.9 Å². The van der Waals surface area contributed by atoms with Crippen molar-refractivity contribution in [1.82, 2.24) is 9.21 Å². The number of piperidine rings is 1. The van der Waals surface area contributed by atoms with E-state index in [1.54, 1.807) is 24.3 Å². The maximum Gasteiger partial charge on any atom is 0.243 e. The molecule has 1 unspecified atom stereocenters. The van der Waals surface area contributed by atoms with Gasteiger partial charge in [0.15, 0.2) is 0 Å². The average Bonchev–Trinajstić information content (AvgIpc) is 2.93. The standard InChI is InChI=1S/C15H19BrN2O3S/c16-12-4-1-6-14(10-12)22(20,21)17-8-2-5-13(11-17)18-9-3-7-15(18)19/h1,4,6,10,13H,2-3,5,7-9,11H2. The largest absolute Gasteiger partial charge is 0.338 e. The molecule has 0 saturated carbocycles. The van der Waals surface area contributed by atoms with Gasteiger partial charge < -0.3 is 4.90 Å². The van der Waals surface area contributed by atoms with Gasteiger partial charge in [0.2, 0.25) is 15.9 Å². The first-order valence-corrected chi connectivity index (χ1v) is 9.77. The fraction of sp³-hybridized carbons (Fsp3) is 0.533. The Morgan fingerprint density at radius 1 is 1.18 bits per heavy atom. The second-order valence-electron chi connectivity index (χ2n) is 5.81. The average molecular weight is 387 g/mol. The first kappa shape index (κ1) is 16.0. The number of carbonyl (C=O) groups is 1. The zero-order valence-electron chi connectivity index (χ0n) is 12.2. The molecule has 2 fully saturated rings. The van der Waals surface area contributed by atoms with E-state index in [9.17, 15) is 13.2 Å². The summed E-state index contributed by atoms with van der Waals surface area (Å²) >= 11 is 3.32. The third-order valence-corrected chi connectivity index (χ3v) is 6.70. The van der Waals surface area contributed by atoms with Crippen molar-refractivity contribution >= 4 is 31.9 Å². The number of nitrogens with zero attached hydrogens (tertiary/aromatic N) is 2. The Morgan fingerprint density at radius 3 is 2.68 bits per heavy atom. The Morgan fingerprint density at radius 2 is 2.00 bits per heavy atom. The Kier molecular flexibility index (Phi) is 4.56. The van der Waals surface area contributed by atoms with Crippen LogP contribution in [0.3, 0.4) is 0 Å². The van der Waals surface area contributed by atoms with E-state index in [1.807, 2.05) is 4.90 Å². The van der Waals surface area contributed by atoms with Crippen LogP contribution in [0.1, 0.15) is 25.7 Å². The molecule has 0 N–H and O–H groups in total. The van der Waals surface area contributed by atoms with E-state index in [1.165, 1.54) is 4.31 Å². The molecule has 1 aromatic rings. The summed E-state index contributed by atoms with van der Waals surface area (Å²) in [7, 11) is -3.50. The molecule has 0 aliphatic carbocycles. The molecule has 1 aromatic carbocycles. The molecule has 2 aliphatic rings. The third-order valence-electron chi connectivity index (χ3n) is 4.34. The highest BCUT2D eigenvalue weighted by Gasteiger charge is 2.35. The van der Waals surface area contributed by atoms with Gasteiger partial charge in [-0.15, -0.1) is 0 Å². The van der Waals surface area contributed by atoms with E-state index < -0.39 is 10.0 Å². The Bertz CT molecular complexity index is 677. The Balaban J connectivity index is 1.80. The van der Waals surface area contributed by atoms with E-state index in [0.717, 1.165) is 30.3 Å². The molecule has 5 nitrogen and oxygen atoms in total. The lowest BCUT2D eigenvalue weighted by Gasteiger charge is -2.36. The highest BCUT2D eigenvalue weighted by Crippen LogP contribution is 2.26. The Labute approximate surface area is 139 Å². The number of halogens is 1. The summed E-state index contributed by atoms with van der Waals surface area (Å²) in [4.78, 5) is 14.1. The predicted octanol–water partition coefficient (Wildman–Crippen LogP) is 2.22. The molecule has 22 heavy (non-hydrogen) atoms. The van der Waals surface area contributed by atoms with Gasteiger partial charge in [0.25, 0.3) is 0 Å². The highest BCUT2D eigenvalue weighted by atomic mass is 79.9. The van der Waals surface area contributed by atoms with E-state index in [0.29, 0.717) is 24.4 Å². The molecule has 0 bridgehead atoms. The van der Waals surface area contributed by atoms with Crippen LogP contribution < -0.4 is 0 Å². The van der Waals surface area contributed by atoms with Crippen LogP contribution in [-0.2, 0) is 14.8 Å². The van der Waals surface area contributed by atoms with E-state index in [2.05, 4.69) is 15.9 Å². The summed E-state index contributed by atoms with van der Waals surface area (Å²) in [6, 6.07) is 6.79. The van der Waals surface area contributed by atoms with Crippen LogP contribution in [0.4, 0.5) is 0 Å². The zero-order chi connectivity index (χ0) is 15.7. The molecular formula is C15H19BrN2O3S. The summed E-state index contributed by atoms with van der Waals surface area (Å²) < 4.78 is 27.8. The van der Waals surface area contributed by atoms with Crippen LogP contribution in [0.15, 0.2) is 33.6 Å². The first-order valence-electron chi connectivity index (χ1n) is 7.54. The summed E-state index contributed by atoms with van der Waals surface area (Å²) in [6.45, 7) is 1.68. The van der Waals surface area contributed by atoms with Gasteiger partial charge in [-0.2, -0.15) is 4.31 Å². The van der Waals surface area contributed by atoms with Crippen LogP contribution in [0.2, 0.25) is 0 Å². The summed E-state index contributed by atoms with van der Waals surface area (Å²) in [5.74, 6) is 0.159. The van der Waals surface area contributed by atoms with Gasteiger partial charge in [-0.3, -0.25) is 4.79 Å². The van der Waals surface area contributed by atoms with E-state index >= 15 is 0 Å². The molecule has 0 aromatic heterocycles. The number of benzene rings is 1. The van der Waals surface area contributed by atoms with Gasteiger partial charge in [-0.05, 0) is 37.5 Å². The molecule has 1 amide bonds. The van der Waals surface area contributed by atoms with Crippen LogP contribution in [-0.4, -0.2) is 49.2 Å². The highest BCUT2D eigenvalue weighted by molar-refractivity contribution is 9.10. The number of carbonyl (C=O) groups excluding carboxylic acids is 1. The third kappa shape index (κ3) is 3.07. The molecule has 2 heterocycles. The minimum absolute atomic E-state index is 0.0191. The fourth-order valence-electron chi connectivity index (χ4n) is 3.23. The minimum Gasteiger partial charge on any atom is -0.338 e. The lowest BCUT2D eigenvalue weighted by Crippen LogP contribution is -2.50. The molecule has 3 rings (SSSR count). The molecule has 7 heteroatoms.